The van der Waals surface area contributed by atoms with Crippen molar-refractivity contribution in [2.75, 3.05) is 14.2 Å². The van der Waals surface area contributed by atoms with Crippen molar-refractivity contribution in [1.82, 2.24) is 0 Å². The quantitative estimate of drug-likeness (QED) is 0.595. The normalized spacial score (nSPS) is 12.7. The standard InChI is InChI=1S/C8H18O2Si/c1-5-6-7-8-11(4,9-2)10-3/h7-8H,5-6H2,1-4H3/b8-7+. The molecule has 3 heteroatoms. The van der Waals surface area contributed by atoms with Gasteiger partial charge in [0.25, 0.3) is 0 Å². The van der Waals surface area contributed by atoms with E-state index >= 15 is 0 Å². The minimum absolute atomic E-state index is 1.11. The largest absolute Gasteiger partial charge is 0.395 e. The third-order valence-electron chi connectivity index (χ3n) is 1.69. The summed E-state index contributed by atoms with van der Waals surface area (Å²) in [6.45, 7) is 4.18. The second kappa shape index (κ2) is 5.52. The average molecular weight is 174 g/mol. The molecule has 0 radical (unpaired) electrons. The first-order valence-corrected chi connectivity index (χ1v) is 6.36. The van der Waals surface area contributed by atoms with Gasteiger partial charge in [0.1, 0.15) is 0 Å². The van der Waals surface area contributed by atoms with Crippen LogP contribution < -0.4 is 0 Å². The van der Waals surface area contributed by atoms with Crippen LogP contribution in [0, 0.1) is 0 Å². The molecule has 0 aliphatic heterocycles. The molecule has 0 heterocycles. The second-order valence-corrected chi connectivity index (χ2v) is 5.80. The molecule has 11 heavy (non-hydrogen) atoms. The Morgan fingerprint density at radius 2 is 1.82 bits per heavy atom. The molecular weight excluding hydrogens is 156 g/mol. The van der Waals surface area contributed by atoms with E-state index in [4.69, 9.17) is 8.85 Å². The van der Waals surface area contributed by atoms with E-state index in [0.717, 1.165) is 6.42 Å². The predicted octanol–water partition coefficient (Wildman–Crippen LogP) is 2.25. The number of unbranched alkanes of at least 4 members (excludes halogenated alkanes) is 1. The van der Waals surface area contributed by atoms with Crippen LogP contribution in [0.5, 0.6) is 0 Å². The van der Waals surface area contributed by atoms with Crippen LogP contribution in [0.4, 0.5) is 0 Å². The van der Waals surface area contributed by atoms with Gasteiger partial charge >= 0.3 is 8.56 Å². The van der Waals surface area contributed by atoms with Gasteiger partial charge < -0.3 is 8.85 Å². The molecule has 0 fully saturated rings. The van der Waals surface area contributed by atoms with Gasteiger partial charge in [0, 0.05) is 14.2 Å². The van der Waals surface area contributed by atoms with Crippen LogP contribution in [0.3, 0.4) is 0 Å². The monoisotopic (exact) mass is 174 g/mol. The van der Waals surface area contributed by atoms with Gasteiger partial charge in [-0.1, -0.05) is 19.4 Å². The van der Waals surface area contributed by atoms with E-state index in [9.17, 15) is 0 Å². The second-order valence-electron chi connectivity index (χ2n) is 2.62. The number of rotatable bonds is 5. The average Bonchev–Trinajstić information content (AvgIpc) is 2.05. The highest BCUT2D eigenvalue weighted by atomic mass is 28.4. The molecular formula is C8H18O2Si. The van der Waals surface area contributed by atoms with Gasteiger partial charge in [-0.25, -0.2) is 0 Å². The van der Waals surface area contributed by atoms with E-state index in [1.807, 2.05) is 6.55 Å². The molecule has 0 amide bonds. The number of hydrogen-bond acceptors (Lipinski definition) is 2. The van der Waals surface area contributed by atoms with Crippen molar-refractivity contribution in [3.8, 4) is 0 Å². The highest BCUT2D eigenvalue weighted by molar-refractivity contribution is 6.71. The molecule has 2 nitrogen and oxygen atoms in total. The fourth-order valence-corrected chi connectivity index (χ4v) is 1.72. The van der Waals surface area contributed by atoms with E-state index in [-0.39, 0.29) is 0 Å². The SMILES string of the molecule is CCC/C=C/[Si](C)(OC)OC. The first-order chi connectivity index (χ1) is 5.18. The number of hydrogen-bond donors (Lipinski definition) is 0. The van der Waals surface area contributed by atoms with Gasteiger partial charge in [0.15, 0.2) is 0 Å². The van der Waals surface area contributed by atoms with E-state index in [1.54, 1.807) is 14.2 Å². The van der Waals surface area contributed by atoms with Gasteiger partial charge in [-0.05, 0) is 18.7 Å². The summed E-state index contributed by atoms with van der Waals surface area (Å²) >= 11 is 0. The predicted molar refractivity (Wildman–Crippen MR) is 49.7 cm³/mol. The van der Waals surface area contributed by atoms with E-state index in [1.165, 1.54) is 6.42 Å². The van der Waals surface area contributed by atoms with Crippen LogP contribution in [-0.2, 0) is 8.85 Å². The van der Waals surface area contributed by atoms with Gasteiger partial charge in [0.05, 0.1) is 0 Å². The van der Waals surface area contributed by atoms with Gasteiger partial charge in [-0.2, -0.15) is 0 Å². The summed E-state index contributed by atoms with van der Waals surface area (Å²) in [4.78, 5) is 0. The molecule has 0 aromatic rings. The zero-order valence-electron chi connectivity index (χ0n) is 7.89. The van der Waals surface area contributed by atoms with Gasteiger partial charge in [-0.3, -0.25) is 0 Å². The fraction of sp³-hybridized carbons (Fsp3) is 0.750. The molecule has 0 aliphatic rings. The van der Waals surface area contributed by atoms with Crippen LogP contribution in [0.1, 0.15) is 19.8 Å². The summed E-state index contributed by atoms with van der Waals surface area (Å²) in [5.41, 5.74) is 2.08. The molecule has 0 saturated heterocycles. The molecule has 0 rings (SSSR count). The van der Waals surface area contributed by atoms with Crippen molar-refractivity contribution in [2.24, 2.45) is 0 Å². The van der Waals surface area contributed by atoms with Crippen molar-refractivity contribution < 1.29 is 8.85 Å². The fourth-order valence-electron chi connectivity index (χ4n) is 0.683. The van der Waals surface area contributed by atoms with Crippen LogP contribution in [0.15, 0.2) is 11.8 Å². The van der Waals surface area contributed by atoms with Gasteiger partial charge in [0.2, 0.25) is 0 Å². The Balaban J connectivity index is 3.85. The van der Waals surface area contributed by atoms with Crippen LogP contribution in [0.2, 0.25) is 6.55 Å². The summed E-state index contributed by atoms with van der Waals surface area (Å²) in [7, 11) is 1.49. The Morgan fingerprint density at radius 3 is 2.18 bits per heavy atom. The Morgan fingerprint density at radius 1 is 1.27 bits per heavy atom. The maximum absolute atomic E-state index is 5.26. The zero-order chi connectivity index (χ0) is 8.74. The van der Waals surface area contributed by atoms with E-state index in [0.29, 0.717) is 0 Å². The lowest BCUT2D eigenvalue weighted by Gasteiger charge is -2.17. The summed E-state index contributed by atoms with van der Waals surface area (Å²) in [5, 5.41) is 0. The van der Waals surface area contributed by atoms with E-state index in [2.05, 4.69) is 18.7 Å². The van der Waals surface area contributed by atoms with Crippen molar-refractivity contribution in [2.45, 2.75) is 26.3 Å². The molecule has 0 saturated carbocycles. The highest BCUT2D eigenvalue weighted by Crippen LogP contribution is 2.06. The van der Waals surface area contributed by atoms with Crippen molar-refractivity contribution in [3.63, 3.8) is 0 Å². The summed E-state index contributed by atoms with van der Waals surface area (Å²) in [6, 6.07) is 0. The lowest BCUT2D eigenvalue weighted by atomic mass is 10.3. The van der Waals surface area contributed by atoms with Crippen molar-refractivity contribution >= 4 is 8.56 Å². The molecule has 0 N–H and O–H groups in total. The minimum atomic E-state index is -1.92. The van der Waals surface area contributed by atoms with E-state index < -0.39 is 8.56 Å². The van der Waals surface area contributed by atoms with Crippen LogP contribution in [-0.4, -0.2) is 22.8 Å². The molecule has 0 atom stereocenters. The Bertz CT molecular complexity index is 119. The molecule has 0 bridgehead atoms. The first kappa shape index (κ1) is 10.9. The zero-order valence-corrected chi connectivity index (χ0v) is 8.89. The van der Waals surface area contributed by atoms with Gasteiger partial charge in [-0.15, -0.1) is 0 Å². The maximum atomic E-state index is 5.26. The lowest BCUT2D eigenvalue weighted by Crippen LogP contribution is -2.33. The molecule has 0 spiro atoms. The third-order valence-corrected chi connectivity index (χ3v) is 4.15. The third kappa shape index (κ3) is 4.34. The van der Waals surface area contributed by atoms with Crippen molar-refractivity contribution in [1.29, 1.82) is 0 Å². The Labute approximate surface area is 70.5 Å². The first-order valence-electron chi connectivity index (χ1n) is 3.96. The topological polar surface area (TPSA) is 18.5 Å². The molecule has 0 aromatic carbocycles. The van der Waals surface area contributed by atoms with Crippen LogP contribution in [0.25, 0.3) is 0 Å². The number of allylic oxidation sites excluding steroid dienone is 1. The Kier molecular flexibility index (Phi) is 5.46. The molecule has 66 valence electrons. The summed E-state index contributed by atoms with van der Waals surface area (Å²) < 4.78 is 10.5. The highest BCUT2D eigenvalue weighted by Gasteiger charge is 2.23. The molecule has 0 aromatic heterocycles. The summed E-state index contributed by atoms with van der Waals surface area (Å²) in [5.74, 6) is 0. The molecule has 0 aliphatic carbocycles. The summed E-state index contributed by atoms with van der Waals surface area (Å²) in [6.07, 6.45) is 4.42. The lowest BCUT2D eigenvalue weighted by molar-refractivity contribution is 0.264. The maximum Gasteiger partial charge on any atom is 0.360 e. The van der Waals surface area contributed by atoms with Crippen LogP contribution >= 0.6 is 0 Å². The molecule has 0 unspecified atom stereocenters. The smallest absolute Gasteiger partial charge is 0.360 e. The Hall–Kier alpha value is -0.123. The van der Waals surface area contributed by atoms with Crippen molar-refractivity contribution in [3.05, 3.63) is 11.8 Å². The minimum Gasteiger partial charge on any atom is -0.395 e.